The topological polar surface area (TPSA) is 76.8 Å². The molecular weight excluding hydrogens is 200 g/mol. The Kier molecular flexibility index (Phi) is 3.48. The van der Waals surface area contributed by atoms with E-state index in [1.54, 1.807) is 19.1 Å². The summed E-state index contributed by atoms with van der Waals surface area (Å²) in [5, 5.41) is 8.03. The number of guanidine groups is 1. The maximum absolute atomic E-state index is 5.81. The van der Waals surface area contributed by atoms with E-state index in [1.807, 2.05) is 12.1 Å². The fourth-order valence-corrected chi connectivity index (χ4v) is 1.09. The molecule has 0 aromatic heterocycles. The van der Waals surface area contributed by atoms with Crippen LogP contribution in [0.4, 0.5) is 0 Å². The van der Waals surface area contributed by atoms with Crippen LogP contribution in [0, 0.1) is 0 Å². The van der Waals surface area contributed by atoms with Gasteiger partial charge in [0.25, 0.3) is 0 Å². The van der Waals surface area contributed by atoms with E-state index in [1.165, 1.54) is 0 Å². The quantitative estimate of drug-likeness (QED) is 0.439. The van der Waals surface area contributed by atoms with Crippen LogP contribution in [0.25, 0.3) is 0 Å². The molecule has 4 nitrogen and oxygen atoms in total. The Morgan fingerprint density at radius 1 is 1.29 bits per heavy atom. The molecule has 0 heterocycles. The van der Waals surface area contributed by atoms with Crippen LogP contribution in [0.5, 0.6) is 0 Å². The second kappa shape index (κ2) is 4.62. The molecule has 1 aromatic carbocycles. The lowest BCUT2D eigenvalue weighted by atomic mass is 10.1. The van der Waals surface area contributed by atoms with Gasteiger partial charge in [0.2, 0.25) is 5.96 Å². The third-order valence-electron chi connectivity index (χ3n) is 1.56. The maximum atomic E-state index is 5.81. The molecule has 0 amide bonds. The number of halogens is 1. The minimum Gasteiger partial charge on any atom is -0.369 e. The Bertz CT molecular complexity index is 380. The van der Waals surface area contributed by atoms with E-state index in [9.17, 15) is 0 Å². The van der Waals surface area contributed by atoms with Crippen LogP contribution in [0.15, 0.2) is 34.5 Å². The molecule has 0 aliphatic rings. The average molecular weight is 211 g/mol. The number of benzene rings is 1. The molecule has 0 saturated heterocycles. The van der Waals surface area contributed by atoms with Crippen LogP contribution in [0.1, 0.15) is 12.5 Å². The second-order valence-electron chi connectivity index (χ2n) is 2.72. The summed E-state index contributed by atoms with van der Waals surface area (Å²) in [6.45, 7) is 1.80. The predicted octanol–water partition coefficient (Wildman–Crippen LogP) is 1.34. The van der Waals surface area contributed by atoms with Crippen molar-refractivity contribution >= 4 is 23.3 Å². The molecule has 5 heteroatoms. The van der Waals surface area contributed by atoms with Gasteiger partial charge < -0.3 is 11.5 Å². The van der Waals surface area contributed by atoms with Gasteiger partial charge in [0.1, 0.15) is 0 Å². The minimum atomic E-state index is -0.0635. The molecule has 0 saturated carbocycles. The summed E-state index contributed by atoms with van der Waals surface area (Å²) >= 11 is 5.81. The monoisotopic (exact) mass is 210 g/mol. The van der Waals surface area contributed by atoms with E-state index in [4.69, 9.17) is 23.1 Å². The van der Waals surface area contributed by atoms with Gasteiger partial charge in [-0.1, -0.05) is 23.7 Å². The van der Waals surface area contributed by atoms with Crippen LogP contribution < -0.4 is 11.5 Å². The van der Waals surface area contributed by atoms with Crippen molar-refractivity contribution in [1.29, 1.82) is 0 Å². The number of nitrogens with zero attached hydrogens (tertiary/aromatic N) is 2. The predicted molar refractivity (Wildman–Crippen MR) is 59.5 cm³/mol. The van der Waals surface area contributed by atoms with Crippen molar-refractivity contribution in [3.05, 3.63) is 34.9 Å². The standard InChI is InChI=1S/C9H11ClN4/c1-6(13-14-9(11)12)7-3-2-4-8(10)5-7/h2-5H,1H3,(H4,11,12,14). The normalized spacial score (nSPS) is 11.1. The van der Waals surface area contributed by atoms with Crippen molar-refractivity contribution in [3.63, 3.8) is 0 Å². The number of hydrogen-bond acceptors (Lipinski definition) is 2. The van der Waals surface area contributed by atoms with Crippen LogP contribution in [0.2, 0.25) is 5.02 Å². The number of rotatable bonds is 2. The summed E-state index contributed by atoms with van der Waals surface area (Å²) in [6.07, 6.45) is 0. The second-order valence-corrected chi connectivity index (χ2v) is 3.16. The third-order valence-corrected chi connectivity index (χ3v) is 1.79. The molecule has 74 valence electrons. The lowest BCUT2D eigenvalue weighted by molar-refractivity contribution is 1.20. The zero-order valence-electron chi connectivity index (χ0n) is 7.74. The molecule has 0 bridgehead atoms. The molecule has 0 aliphatic carbocycles. The maximum Gasteiger partial charge on any atom is 0.211 e. The van der Waals surface area contributed by atoms with Crippen molar-refractivity contribution in [2.45, 2.75) is 6.92 Å². The van der Waals surface area contributed by atoms with Crippen molar-refractivity contribution in [1.82, 2.24) is 0 Å². The van der Waals surface area contributed by atoms with Gasteiger partial charge in [-0.15, -0.1) is 5.10 Å². The van der Waals surface area contributed by atoms with Gasteiger partial charge in [-0.3, -0.25) is 0 Å². The summed E-state index contributed by atoms with van der Waals surface area (Å²) in [6, 6.07) is 7.31. The van der Waals surface area contributed by atoms with Crippen LogP contribution in [0.3, 0.4) is 0 Å². The molecule has 0 fully saturated rings. The van der Waals surface area contributed by atoms with Gasteiger partial charge in [0.05, 0.1) is 5.71 Å². The Hall–Kier alpha value is -1.55. The zero-order valence-corrected chi connectivity index (χ0v) is 8.49. The molecule has 1 rings (SSSR count). The van der Waals surface area contributed by atoms with Crippen molar-refractivity contribution in [2.24, 2.45) is 21.7 Å². The van der Waals surface area contributed by atoms with Crippen LogP contribution in [-0.2, 0) is 0 Å². The van der Waals surface area contributed by atoms with E-state index in [0.717, 1.165) is 5.56 Å². The Morgan fingerprint density at radius 3 is 2.57 bits per heavy atom. The van der Waals surface area contributed by atoms with E-state index in [0.29, 0.717) is 10.7 Å². The van der Waals surface area contributed by atoms with E-state index >= 15 is 0 Å². The highest BCUT2D eigenvalue weighted by Gasteiger charge is 1.97. The average Bonchev–Trinajstić information content (AvgIpc) is 2.14. The Labute approximate surface area is 87.3 Å². The highest BCUT2D eigenvalue weighted by atomic mass is 35.5. The van der Waals surface area contributed by atoms with E-state index in [2.05, 4.69) is 10.2 Å². The van der Waals surface area contributed by atoms with Crippen molar-refractivity contribution < 1.29 is 0 Å². The molecule has 0 aliphatic heterocycles. The first-order chi connectivity index (χ1) is 6.59. The largest absolute Gasteiger partial charge is 0.369 e. The van der Waals surface area contributed by atoms with E-state index < -0.39 is 0 Å². The molecule has 0 unspecified atom stereocenters. The highest BCUT2D eigenvalue weighted by molar-refractivity contribution is 6.31. The zero-order chi connectivity index (χ0) is 10.6. The molecule has 4 N–H and O–H groups in total. The summed E-state index contributed by atoms with van der Waals surface area (Å²) in [5.74, 6) is -0.0635. The smallest absolute Gasteiger partial charge is 0.211 e. The summed E-state index contributed by atoms with van der Waals surface area (Å²) in [4.78, 5) is 0. The minimum absolute atomic E-state index is 0.0635. The van der Waals surface area contributed by atoms with Gasteiger partial charge in [0, 0.05) is 5.02 Å². The molecule has 14 heavy (non-hydrogen) atoms. The van der Waals surface area contributed by atoms with Gasteiger partial charge >= 0.3 is 0 Å². The fourth-order valence-electron chi connectivity index (χ4n) is 0.904. The first kappa shape index (κ1) is 10.5. The number of nitrogens with two attached hydrogens (primary N) is 2. The number of hydrogen-bond donors (Lipinski definition) is 2. The van der Waals surface area contributed by atoms with Crippen molar-refractivity contribution in [2.75, 3.05) is 0 Å². The molecule has 0 atom stereocenters. The lowest BCUT2D eigenvalue weighted by Gasteiger charge is -1.98. The fraction of sp³-hybridized carbons (Fsp3) is 0.111. The van der Waals surface area contributed by atoms with Gasteiger partial charge in [-0.05, 0) is 24.6 Å². The molecular formula is C9H11ClN4. The lowest BCUT2D eigenvalue weighted by Crippen LogP contribution is -2.22. The van der Waals surface area contributed by atoms with Gasteiger partial charge in [-0.25, -0.2) is 0 Å². The SMILES string of the molecule is CC(=NN=C(N)N)c1cccc(Cl)c1. The molecule has 1 aromatic rings. The molecule has 0 spiro atoms. The van der Waals surface area contributed by atoms with E-state index in [-0.39, 0.29) is 5.96 Å². The third kappa shape index (κ3) is 3.06. The molecule has 0 radical (unpaired) electrons. The van der Waals surface area contributed by atoms with Crippen molar-refractivity contribution in [3.8, 4) is 0 Å². The van der Waals surface area contributed by atoms with Crippen LogP contribution in [-0.4, -0.2) is 11.7 Å². The summed E-state index contributed by atoms with van der Waals surface area (Å²) in [7, 11) is 0. The van der Waals surface area contributed by atoms with Gasteiger partial charge in [0.15, 0.2) is 0 Å². The van der Waals surface area contributed by atoms with Crippen LogP contribution >= 0.6 is 11.6 Å². The first-order valence-corrected chi connectivity index (χ1v) is 4.36. The Balaban J connectivity index is 2.95. The van der Waals surface area contributed by atoms with Gasteiger partial charge in [-0.2, -0.15) is 5.10 Å². The summed E-state index contributed by atoms with van der Waals surface area (Å²) in [5.41, 5.74) is 11.9. The first-order valence-electron chi connectivity index (χ1n) is 3.98. The Morgan fingerprint density at radius 2 is 2.00 bits per heavy atom. The summed E-state index contributed by atoms with van der Waals surface area (Å²) < 4.78 is 0. The highest BCUT2D eigenvalue weighted by Crippen LogP contribution is 2.11.